The Bertz CT molecular complexity index is 238. The number of carbonyl (C=O) groups is 2. The fourth-order valence-corrected chi connectivity index (χ4v) is 1.71. The molecular weight excluding hydrogens is 287 g/mol. The van der Waals surface area contributed by atoms with Crippen LogP contribution in [0, 0.1) is 5.92 Å². The molecule has 0 N–H and O–H groups in total. The van der Waals surface area contributed by atoms with E-state index in [1.807, 2.05) is 0 Å². The van der Waals surface area contributed by atoms with E-state index in [0.717, 1.165) is 10.5 Å². The van der Waals surface area contributed by atoms with Gasteiger partial charge in [0.1, 0.15) is 0 Å². The first-order valence-electron chi connectivity index (χ1n) is 3.74. The Hall–Kier alpha value is -0.590. The number of hydrogen-bond donors (Lipinski definition) is 0. The van der Waals surface area contributed by atoms with Crippen molar-refractivity contribution in [2.75, 3.05) is 11.0 Å². The first-order valence-corrected chi connectivity index (χ1v) is 5.27. The topological polar surface area (TPSA) is 52.6 Å². The van der Waals surface area contributed by atoms with Crippen LogP contribution in [0.25, 0.3) is 0 Å². The van der Waals surface area contributed by atoms with Gasteiger partial charge in [-0.25, -0.2) is 9.59 Å². The third-order valence-corrected chi connectivity index (χ3v) is 2.84. The zero-order valence-corrected chi connectivity index (χ0v) is 9.02. The molecule has 0 amide bonds. The fourth-order valence-electron chi connectivity index (χ4n) is 0.994. The molecule has 0 spiro atoms. The van der Waals surface area contributed by atoms with Crippen LogP contribution in [-0.4, -0.2) is 29.1 Å². The molecule has 1 rings (SSSR count). The lowest BCUT2D eigenvalue weighted by molar-refractivity contribution is -0.157. The molecule has 2 atom stereocenters. The summed E-state index contributed by atoms with van der Waals surface area (Å²) in [5, 5.41) is 0. The molecule has 0 aromatic rings. The average molecular weight is 296 g/mol. The predicted octanol–water partition coefficient (Wildman–Crippen LogP) is 0.692. The fraction of sp³-hybridized carbons (Fsp3) is 0.500. The van der Waals surface area contributed by atoms with Gasteiger partial charge in [0.25, 0.3) is 0 Å². The van der Waals surface area contributed by atoms with Gasteiger partial charge in [0, 0.05) is 10.5 Å². The van der Waals surface area contributed by atoms with E-state index in [1.165, 1.54) is 0 Å². The van der Waals surface area contributed by atoms with Crippen molar-refractivity contribution in [3.05, 3.63) is 12.7 Å². The molecule has 2 unspecified atom stereocenters. The molecule has 72 valence electrons. The quantitative estimate of drug-likeness (QED) is 0.333. The average Bonchev–Trinajstić information content (AvgIpc) is 2.48. The van der Waals surface area contributed by atoms with Crippen molar-refractivity contribution in [3.8, 4) is 0 Å². The lowest BCUT2D eigenvalue weighted by Crippen LogP contribution is -2.29. The summed E-state index contributed by atoms with van der Waals surface area (Å²) in [4.78, 5) is 21.9. The Morgan fingerprint density at radius 3 is 3.08 bits per heavy atom. The maximum Gasteiger partial charge on any atom is 0.347 e. The molecule has 5 heteroatoms. The second-order valence-electron chi connectivity index (χ2n) is 2.61. The summed E-state index contributed by atoms with van der Waals surface area (Å²) in [6.07, 6.45) is 0.290. The standard InChI is InChI=1S/C8H9IO4/c1-2-6(10)13-7-5(3-9)4-12-8(7)11/h2,5,7H,1,3-4H2. The highest BCUT2D eigenvalue weighted by Gasteiger charge is 2.38. The smallest absolute Gasteiger partial charge is 0.347 e. The van der Waals surface area contributed by atoms with Crippen LogP contribution in [0.15, 0.2) is 12.7 Å². The molecule has 0 radical (unpaired) electrons. The van der Waals surface area contributed by atoms with Crippen molar-refractivity contribution < 1.29 is 19.1 Å². The Morgan fingerprint density at radius 2 is 2.54 bits per heavy atom. The third-order valence-electron chi connectivity index (χ3n) is 1.71. The maximum absolute atomic E-state index is 11.1. The van der Waals surface area contributed by atoms with Crippen LogP contribution in [0.5, 0.6) is 0 Å². The molecule has 13 heavy (non-hydrogen) atoms. The summed E-state index contributed by atoms with van der Waals surface area (Å²) in [5.74, 6) is -1.08. The minimum atomic E-state index is -0.748. The highest BCUT2D eigenvalue weighted by molar-refractivity contribution is 14.1. The Balaban J connectivity index is 2.59. The lowest BCUT2D eigenvalue weighted by Gasteiger charge is -2.11. The van der Waals surface area contributed by atoms with E-state index in [9.17, 15) is 9.59 Å². The van der Waals surface area contributed by atoms with Gasteiger partial charge in [-0.15, -0.1) is 0 Å². The van der Waals surface area contributed by atoms with Crippen molar-refractivity contribution in [3.63, 3.8) is 0 Å². The number of halogens is 1. The van der Waals surface area contributed by atoms with Crippen LogP contribution in [0.2, 0.25) is 0 Å². The molecule has 0 saturated carbocycles. The van der Waals surface area contributed by atoms with Gasteiger partial charge in [-0.05, 0) is 0 Å². The van der Waals surface area contributed by atoms with E-state index in [1.54, 1.807) is 0 Å². The zero-order chi connectivity index (χ0) is 9.84. The summed E-state index contributed by atoms with van der Waals surface area (Å²) in [7, 11) is 0. The highest BCUT2D eigenvalue weighted by Crippen LogP contribution is 2.20. The van der Waals surface area contributed by atoms with Crippen molar-refractivity contribution >= 4 is 34.5 Å². The Morgan fingerprint density at radius 1 is 1.85 bits per heavy atom. The largest absolute Gasteiger partial charge is 0.462 e. The zero-order valence-electron chi connectivity index (χ0n) is 6.86. The normalized spacial score (nSPS) is 26.7. The third kappa shape index (κ3) is 2.43. The first-order chi connectivity index (χ1) is 6.19. The van der Waals surface area contributed by atoms with Gasteiger partial charge in [-0.2, -0.15) is 0 Å². The summed E-state index contributed by atoms with van der Waals surface area (Å²) >= 11 is 2.12. The van der Waals surface area contributed by atoms with Crippen LogP contribution in [-0.2, 0) is 19.1 Å². The van der Waals surface area contributed by atoms with Crippen molar-refractivity contribution in [2.24, 2.45) is 5.92 Å². The number of ether oxygens (including phenoxy) is 2. The molecule has 1 aliphatic heterocycles. The molecule has 1 fully saturated rings. The van der Waals surface area contributed by atoms with Crippen LogP contribution >= 0.6 is 22.6 Å². The number of hydrogen-bond acceptors (Lipinski definition) is 4. The van der Waals surface area contributed by atoms with Gasteiger partial charge in [0.05, 0.1) is 12.5 Å². The molecule has 1 heterocycles. The van der Waals surface area contributed by atoms with E-state index < -0.39 is 18.0 Å². The van der Waals surface area contributed by atoms with Gasteiger partial charge >= 0.3 is 11.9 Å². The Kier molecular flexibility index (Phi) is 3.71. The second kappa shape index (κ2) is 4.59. The van der Waals surface area contributed by atoms with Crippen LogP contribution < -0.4 is 0 Å². The number of alkyl halides is 1. The van der Waals surface area contributed by atoms with E-state index in [4.69, 9.17) is 9.47 Å². The summed E-state index contributed by atoms with van der Waals surface area (Å²) < 4.78 is 10.3. The van der Waals surface area contributed by atoms with Gasteiger partial charge in [-0.3, -0.25) is 0 Å². The van der Waals surface area contributed by atoms with E-state index in [-0.39, 0.29) is 5.92 Å². The predicted molar refractivity (Wildman–Crippen MR) is 53.4 cm³/mol. The molecule has 0 aliphatic carbocycles. The monoisotopic (exact) mass is 296 g/mol. The molecule has 1 aliphatic rings. The lowest BCUT2D eigenvalue weighted by atomic mass is 10.1. The summed E-state index contributed by atoms with van der Waals surface area (Å²) in [6, 6.07) is 0. The van der Waals surface area contributed by atoms with Gasteiger partial charge < -0.3 is 9.47 Å². The van der Waals surface area contributed by atoms with Gasteiger partial charge in [0.2, 0.25) is 6.10 Å². The Labute approximate surface area is 89.4 Å². The maximum atomic E-state index is 11.1. The minimum absolute atomic E-state index is 0.0306. The first kappa shape index (κ1) is 10.5. The number of carbonyl (C=O) groups excluding carboxylic acids is 2. The van der Waals surface area contributed by atoms with Gasteiger partial charge in [0.15, 0.2) is 0 Å². The highest BCUT2D eigenvalue weighted by atomic mass is 127. The van der Waals surface area contributed by atoms with E-state index >= 15 is 0 Å². The molecule has 4 nitrogen and oxygen atoms in total. The molecule has 0 aromatic carbocycles. The van der Waals surface area contributed by atoms with Crippen molar-refractivity contribution in [1.82, 2.24) is 0 Å². The second-order valence-corrected chi connectivity index (χ2v) is 3.49. The SMILES string of the molecule is C=CC(=O)OC1C(=O)OCC1CI. The molecule has 0 aromatic heterocycles. The van der Waals surface area contributed by atoms with E-state index in [2.05, 4.69) is 29.2 Å². The molecule has 1 saturated heterocycles. The van der Waals surface area contributed by atoms with Crippen LogP contribution in [0.3, 0.4) is 0 Å². The number of rotatable bonds is 3. The summed E-state index contributed by atoms with van der Waals surface area (Å²) in [5.41, 5.74) is 0. The molecular formula is C8H9IO4. The van der Waals surface area contributed by atoms with Crippen molar-refractivity contribution in [2.45, 2.75) is 6.10 Å². The summed E-state index contributed by atoms with van der Waals surface area (Å²) in [6.45, 7) is 3.58. The van der Waals surface area contributed by atoms with Crippen LogP contribution in [0.4, 0.5) is 0 Å². The molecule has 0 bridgehead atoms. The van der Waals surface area contributed by atoms with Crippen LogP contribution in [0.1, 0.15) is 0 Å². The van der Waals surface area contributed by atoms with Gasteiger partial charge in [-0.1, -0.05) is 29.2 Å². The number of cyclic esters (lactones) is 1. The van der Waals surface area contributed by atoms with Crippen molar-refractivity contribution in [1.29, 1.82) is 0 Å². The number of esters is 2. The minimum Gasteiger partial charge on any atom is -0.462 e. The van der Waals surface area contributed by atoms with E-state index in [0.29, 0.717) is 6.61 Å².